The van der Waals surface area contributed by atoms with Crippen LogP contribution in [0.1, 0.15) is 34.1 Å². The first-order valence-electron chi connectivity index (χ1n) is 5.81. The summed E-state index contributed by atoms with van der Waals surface area (Å²) in [7, 11) is 1.75. The lowest BCUT2D eigenvalue weighted by molar-refractivity contribution is 1.21. The summed E-state index contributed by atoms with van der Waals surface area (Å²) in [5.41, 5.74) is 4.48. The predicted octanol–water partition coefficient (Wildman–Crippen LogP) is 3.86. The quantitative estimate of drug-likeness (QED) is 0.534. The van der Waals surface area contributed by atoms with Crippen LogP contribution in [0.3, 0.4) is 0 Å². The van der Waals surface area contributed by atoms with Crippen molar-refractivity contribution in [1.29, 1.82) is 5.26 Å². The summed E-state index contributed by atoms with van der Waals surface area (Å²) in [5, 5.41) is 8.60. The van der Waals surface area contributed by atoms with Gasteiger partial charge in [-0.3, -0.25) is 9.98 Å². The molecule has 3 nitrogen and oxygen atoms in total. The highest BCUT2D eigenvalue weighted by Crippen LogP contribution is 2.10. The Morgan fingerprint density at radius 1 is 1.17 bits per heavy atom. The average Bonchev–Trinajstić information content (AvgIpc) is 2.27. The molecule has 0 amide bonds. The van der Waals surface area contributed by atoms with Crippen molar-refractivity contribution in [3.63, 3.8) is 0 Å². The van der Waals surface area contributed by atoms with Gasteiger partial charge in [-0.2, -0.15) is 5.26 Å². The topological polar surface area (TPSA) is 48.5 Å². The Morgan fingerprint density at radius 2 is 1.78 bits per heavy atom. The third kappa shape index (κ3) is 6.59. The lowest BCUT2D eigenvalue weighted by Crippen LogP contribution is -1.94. The van der Waals surface area contributed by atoms with E-state index in [1.165, 1.54) is 0 Å². The Kier molecular flexibility index (Phi) is 7.30. The number of rotatable bonds is 5. The molecule has 0 radical (unpaired) electrons. The second-order valence-corrected chi connectivity index (χ2v) is 4.25. The van der Waals surface area contributed by atoms with Gasteiger partial charge in [0, 0.05) is 18.5 Å². The van der Waals surface area contributed by atoms with E-state index in [9.17, 15) is 0 Å². The van der Waals surface area contributed by atoms with Gasteiger partial charge in [0.15, 0.2) is 0 Å². The second kappa shape index (κ2) is 8.19. The molecule has 3 heteroatoms. The van der Waals surface area contributed by atoms with Gasteiger partial charge in [-0.15, -0.1) is 0 Å². The molecule has 18 heavy (non-hydrogen) atoms. The first-order valence-corrected chi connectivity index (χ1v) is 5.81. The summed E-state index contributed by atoms with van der Waals surface area (Å²) < 4.78 is 0. The molecule has 0 saturated heterocycles. The van der Waals surface area contributed by atoms with Gasteiger partial charge in [0.05, 0.1) is 18.2 Å². The van der Waals surface area contributed by atoms with Gasteiger partial charge in [-0.05, 0) is 45.4 Å². The van der Waals surface area contributed by atoms with Crippen molar-refractivity contribution in [2.45, 2.75) is 34.1 Å². The summed E-state index contributed by atoms with van der Waals surface area (Å²) in [6, 6.07) is 2.12. The van der Waals surface area contributed by atoms with E-state index in [0.29, 0.717) is 6.42 Å². The first-order chi connectivity index (χ1) is 8.40. The maximum Gasteiger partial charge on any atom is 0.0673 e. The Hall–Kier alpha value is -1.95. The zero-order chi connectivity index (χ0) is 14.1. The molecule has 0 aromatic carbocycles. The molecular weight excluding hydrogens is 222 g/mol. The maximum absolute atomic E-state index is 8.60. The standard InChI is InChI=1S/C15H21N3/c1-11(2)15(10-13(4)17-6)18-14(5)9-12(3)7-8-16/h9-10H,1,7H2,2-6H3/b12-9+,15-10+,17-13?,18-14+. The monoisotopic (exact) mass is 243 g/mol. The number of hydrogen-bond donors (Lipinski definition) is 0. The van der Waals surface area contributed by atoms with Crippen LogP contribution < -0.4 is 0 Å². The van der Waals surface area contributed by atoms with Crippen LogP contribution in [0.15, 0.2) is 45.6 Å². The summed E-state index contributed by atoms with van der Waals surface area (Å²) in [4.78, 5) is 8.58. The Labute approximate surface area is 110 Å². The summed E-state index contributed by atoms with van der Waals surface area (Å²) in [6.45, 7) is 11.6. The molecule has 0 saturated carbocycles. The molecule has 0 atom stereocenters. The summed E-state index contributed by atoms with van der Waals surface area (Å²) >= 11 is 0. The molecule has 96 valence electrons. The lowest BCUT2D eigenvalue weighted by Gasteiger charge is -2.03. The molecule has 0 aromatic rings. The second-order valence-electron chi connectivity index (χ2n) is 4.25. The SMILES string of the molecule is C=C(C)C(=C\C(C)=NC)/N=C(C)/C=C(\C)CC#N. The van der Waals surface area contributed by atoms with Gasteiger partial charge in [-0.25, -0.2) is 0 Å². The van der Waals surface area contributed by atoms with Gasteiger partial charge < -0.3 is 0 Å². The maximum atomic E-state index is 8.60. The molecule has 0 aliphatic carbocycles. The minimum atomic E-state index is 0.425. The summed E-state index contributed by atoms with van der Waals surface area (Å²) in [5.74, 6) is 0. The van der Waals surface area contributed by atoms with Gasteiger partial charge in [0.1, 0.15) is 0 Å². The van der Waals surface area contributed by atoms with E-state index in [4.69, 9.17) is 5.26 Å². The molecule has 0 spiro atoms. The zero-order valence-electron chi connectivity index (χ0n) is 11.9. The van der Waals surface area contributed by atoms with Crippen LogP contribution in [0.2, 0.25) is 0 Å². The third-order valence-corrected chi connectivity index (χ3v) is 2.25. The first kappa shape index (κ1) is 16.1. The van der Waals surface area contributed by atoms with E-state index < -0.39 is 0 Å². The van der Waals surface area contributed by atoms with Crippen molar-refractivity contribution in [2.75, 3.05) is 7.05 Å². The highest BCUT2D eigenvalue weighted by molar-refractivity contribution is 5.97. The highest BCUT2D eigenvalue weighted by atomic mass is 14.8. The minimum absolute atomic E-state index is 0.425. The molecule has 0 aliphatic heterocycles. The van der Waals surface area contributed by atoms with Gasteiger partial charge in [0.25, 0.3) is 0 Å². The van der Waals surface area contributed by atoms with Crippen molar-refractivity contribution in [3.8, 4) is 6.07 Å². The molecule has 0 heterocycles. The normalized spacial score (nSPS) is 14.4. The Morgan fingerprint density at radius 3 is 2.22 bits per heavy atom. The zero-order valence-corrected chi connectivity index (χ0v) is 11.9. The number of allylic oxidation sites excluding steroid dienone is 4. The van der Waals surface area contributed by atoms with E-state index >= 15 is 0 Å². The van der Waals surface area contributed by atoms with Crippen LogP contribution >= 0.6 is 0 Å². The van der Waals surface area contributed by atoms with Crippen molar-refractivity contribution in [3.05, 3.63) is 35.6 Å². The fraction of sp³-hybridized carbons (Fsp3) is 0.400. The van der Waals surface area contributed by atoms with Gasteiger partial charge in [-0.1, -0.05) is 12.2 Å². The van der Waals surface area contributed by atoms with Crippen LogP contribution in [-0.2, 0) is 0 Å². The van der Waals surface area contributed by atoms with Gasteiger partial charge in [0.2, 0.25) is 0 Å². The largest absolute Gasteiger partial charge is 0.293 e. The molecule has 0 aromatic heterocycles. The van der Waals surface area contributed by atoms with Crippen LogP contribution in [0, 0.1) is 11.3 Å². The number of aliphatic imine (C=N–C) groups is 2. The van der Waals surface area contributed by atoms with Crippen LogP contribution in [-0.4, -0.2) is 18.5 Å². The van der Waals surface area contributed by atoms with Crippen LogP contribution in [0.4, 0.5) is 0 Å². The van der Waals surface area contributed by atoms with Crippen LogP contribution in [0.5, 0.6) is 0 Å². The summed E-state index contributed by atoms with van der Waals surface area (Å²) in [6.07, 6.45) is 4.24. The van der Waals surface area contributed by atoms with E-state index in [-0.39, 0.29) is 0 Å². The molecular formula is C15H21N3. The lowest BCUT2D eigenvalue weighted by atomic mass is 10.1. The molecule has 0 unspecified atom stereocenters. The molecule has 0 aliphatic rings. The highest BCUT2D eigenvalue weighted by Gasteiger charge is 1.98. The third-order valence-electron chi connectivity index (χ3n) is 2.25. The average molecular weight is 243 g/mol. The van der Waals surface area contributed by atoms with Crippen molar-refractivity contribution < 1.29 is 0 Å². The van der Waals surface area contributed by atoms with Crippen molar-refractivity contribution in [1.82, 2.24) is 0 Å². The molecule has 0 bridgehead atoms. The predicted molar refractivity (Wildman–Crippen MR) is 79.0 cm³/mol. The minimum Gasteiger partial charge on any atom is -0.293 e. The number of nitriles is 1. The fourth-order valence-corrected chi connectivity index (χ4v) is 1.27. The van der Waals surface area contributed by atoms with E-state index in [0.717, 1.165) is 28.3 Å². The van der Waals surface area contributed by atoms with E-state index in [1.807, 2.05) is 39.8 Å². The smallest absolute Gasteiger partial charge is 0.0673 e. The Bertz CT molecular complexity index is 468. The molecule has 0 rings (SSSR count). The van der Waals surface area contributed by atoms with Crippen molar-refractivity contribution >= 4 is 11.4 Å². The Balaban J connectivity index is 5.22. The van der Waals surface area contributed by atoms with Gasteiger partial charge >= 0.3 is 0 Å². The molecule has 0 fully saturated rings. The number of nitrogens with zero attached hydrogens (tertiary/aromatic N) is 3. The van der Waals surface area contributed by atoms with E-state index in [2.05, 4.69) is 22.6 Å². The van der Waals surface area contributed by atoms with E-state index in [1.54, 1.807) is 7.05 Å². The number of hydrogen-bond acceptors (Lipinski definition) is 3. The van der Waals surface area contributed by atoms with Crippen LogP contribution in [0.25, 0.3) is 0 Å². The fourth-order valence-electron chi connectivity index (χ4n) is 1.27. The van der Waals surface area contributed by atoms with Crippen molar-refractivity contribution in [2.24, 2.45) is 9.98 Å². The molecule has 0 N–H and O–H groups in total.